The average molecular weight is 475 g/mol. The highest BCUT2D eigenvalue weighted by Crippen LogP contribution is 2.28. The molecule has 2 atom stereocenters. The van der Waals surface area contributed by atoms with Gasteiger partial charge in [0.15, 0.2) is 0 Å². The first-order chi connectivity index (χ1) is 16.4. The maximum Gasteiger partial charge on any atom is 0.242 e. The van der Waals surface area contributed by atoms with Gasteiger partial charge in [-0.05, 0) is 62.6 Å². The van der Waals surface area contributed by atoms with Crippen molar-refractivity contribution in [2.45, 2.75) is 65.3 Å². The lowest BCUT2D eigenvalue weighted by atomic mass is 9.82. The van der Waals surface area contributed by atoms with Crippen LogP contribution in [0.15, 0.2) is 24.3 Å². The maximum atomic E-state index is 14.0. The van der Waals surface area contributed by atoms with Gasteiger partial charge in [0.05, 0.1) is 5.69 Å². The van der Waals surface area contributed by atoms with Gasteiger partial charge in [-0.1, -0.05) is 39.3 Å². The van der Waals surface area contributed by atoms with Crippen LogP contribution in [0.25, 0.3) is 0 Å². The molecule has 0 radical (unpaired) electrons. The van der Waals surface area contributed by atoms with Gasteiger partial charge in [0.1, 0.15) is 11.9 Å². The number of carbonyl (C=O) groups excluding carboxylic acids is 2. The summed E-state index contributed by atoms with van der Waals surface area (Å²) in [7, 11) is 0. The van der Waals surface area contributed by atoms with Gasteiger partial charge in [0.2, 0.25) is 11.8 Å². The van der Waals surface area contributed by atoms with Crippen LogP contribution < -0.4 is 15.5 Å². The quantitative estimate of drug-likeness (QED) is 0.506. The topological polar surface area (TPSA) is 64.7 Å². The highest BCUT2D eigenvalue weighted by atomic mass is 19.1. The molecule has 6 nitrogen and oxygen atoms in total. The monoisotopic (exact) mass is 474 g/mol. The van der Waals surface area contributed by atoms with Gasteiger partial charge in [-0.15, -0.1) is 0 Å². The number of carbonyl (C=O) groups is 2. The normalized spacial score (nSPS) is 23.2. The van der Waals surface area contributed by atoms with Crippen molar-refractivity contribution >= 4 is 17.5 Å². The molecule has 1 saturated carbocycles. The van der Waals surface area contributed by atoms with Crippen molar-refractivity contribution in [3.05, 3.63) is 30.1 Å². The third-order valence-corrected chi connectivity index (χ3v) is 7.70. The summed E-state index contributed by atoms with van der Waals surface area (Å²) < 4.78 is 14.0. The minimum absolute atomic E-state index is 0.0404. The second kappa shape index (κ2) is 13.1. The van der Waals surface area contributed by atoms with Crippen LogP contribution in [-0.4, -0.2) is 62.0 Å². The van der Waals surface area contributed by atoms with E-state index in [1.807, 2.05) is 19.1 Å². The number of hydrogen-bond acceptors (Lipinski definition) is 4. The minimum Gasteiger partial charge on any atom is -0.367 e. The SMILES string of the molecule is CC[C@@H](C)[C@@H](NC(=O)C1CCC(C)CC1)C(=O)NCCCN1CCN(c2ccccc2F)CC1. The van der Waals surface area contributed by atoms with Crippen LogP contribution in [0.5, 0.6) is 0 Å². The van der Waals surface area contributed by atoms with Gasteiger partial charge >= 0.3 is 0 Å². The van der Waals surface area contributed by atoms with Crippen LogP contribution in [0.1, 0.15) is 59.3 Å². The molecule has 2 aliphatic rings. The summed E-state index contributed by atoms with van der Waals surface area (Å²) in [5, 5.41) is 6.12. The molecule has 34 heavy (non-hydrogen) atoms. The third kappa shape index (κ3) is 7.42. The first kappa shape index (κ1) is 26.5. The lowest BCUT2D eigenvalue weighted by Gasteiger charge is -2.36. The Bertz CT molecular complexity index is 789. The molecule has 2 fully saturated rings. The number of piperazine rings is 1. The van der Waals surface area contributed by atoms with Gasteiger partial charge in [0.25, 0.3) is 0 Å². The summed E-state index contributed by atoms with van der Waals surface area (Å²) in [6.07, 6.45) is 5.72. The Kier molecular flexibility index (Phi) is 10.2. The first-order valence-corrected chi connectivity index (χ1v) is 13.2. The summed E-state index contributed by atoms with van der Waals surface area (Å²) in [6.45, 7) is 11.2. The highest BCUT2D eigenvalue weighted by Gasteiger charge is 2.30. The molecule has 190 valence electrons. The number of para-hydroxylation sites is 1. The molecule has 1 aromatic rings. The minimum atomic E-state index is -0.471. The van der Waals surface area contributed by atoms with Gasteiger partial charge < -0.3 is 15.5 Å². The Morgan fingerprint density at radius 1 is 1.09 bits per heavy atom. The van der Waals surface area contributed by atoms with Crippen LogP contribution in [0, 0.1) is 23.6 Å². The van der Waals surface area contributed by atoms with Crippen LogP contribution in [-0.2, 0) is 9.59 Å². The van der Waals surface area contributed by atoms with Gasteiger partial charge in [-0.25, -0.2) is 4.39 Å². The first-order valence-electron chi connectivity index (χ1n) is 13.2. The fourth-order valence-corrected chi connectivity index (χ4v) is 5.04. The Labute approximate surface area is 204 Å². The maximum absolute atomic E-state index is 14.0. The second-order valence-electron chi connectivity index (χ2n) is 10.3. The summed E-state index contributed by atoms with van der Waals surface area (Å²) in [5.74, 6) is 0.632. The Morgan fingerprint density at radius 2 is 1.76 bits per heavy atom. The van der Waals surface area contributed by atoms with E-state index in [0.29, 0.717) is 18.2 Å². The van der Waals surface area contributed by atoms with Crippen molar-refractivity contribution < 1.29 is 14.0 Å². The molecule has 0 bridgehead atoms. The average Bonchev–Trinajstić information content (AvgIpc) is 2.85. The molecule has 0 spiro atoms. The molecule has 7 heteroatoms. The number of halogens is 1. The fourth-order valence-electron chi connectivity index (χ4n) is 5.04. The summed E-state index contributed by atoms with van der Waals surface area (Å²) in [4.78, 5) is 30.2. The number of anilines is 1. The van der Waals surface area contributed by atoms with Crippen molar-refractivity contribution in [1.29, 1.82) is 0 Å². The number of hydrogen-bond donors (Lipinski definition) is 2. The fraction of sp³-hybridized carbons (Fsp3) is 0.704. The smallest absolute Gasteiger partial charge is 0.242 e. The van der Waals surface area contributed by atoms with Crippen molar-refractivity contribution in [2.24, 2.45) is 17.8 Å². The predicted molar refractivity (Wildman–Crippen MR) is 135 cm³/mol. The molecule has 1 aliphatic carbocycles. The number of amides is 2. The van der Waals surface area contributed by atoms with Gasteiger partial charge in [0, 0.05) is 38.6 Å². The molecule has 0 unspecified atom stereocenters. The Balaban J connectivity index is 1.38. The van der Waals surface area contributed by atoms with E-state index in [2.05, 4.69) is 34.3 Å². The summed E-state index contributed by atoms with van der Waals surface area (Å²) in [5.41, 5.74) is 0.676. The lowest BCUT2D eigenvalue weighted by molar-refractivity contribution is -0.133. The van der Waals surface area contributed by atoms with Crippen molar-refractivity contribution in [3.8, 4) is 0 Å². The molecule has 1 aliphatic heterocycles. The molecule has 2 N–H and O–H groups in total. The summed E-state index contributed by atoms with van der Waals surface area (Å²) >= 11 is 0. The predicted octanol–water partition coefficient (Wildman–Crippen LogP) is 3.81. The standard InChI is InChI=1S/C27H43FN4O2/c1-4-21(3)25(30-26(33)22-12-10-20(2)11-13-22)27(34)29-14-7-15-31-16-18-32(19-17-31)24-9-6-5-8-23(24)28/h5-6,8-9,20-22,25H,4,7,10-19H2,1-3H3,(H,29,34)(H,30,33)/t20?,21-,22?,25-/m1/s1. The van der Waals surface area contributed by atoms with E-state index < -0.39 is 6.04 Å². The highest BCUT2D eigenvalue weighted by molar-refractivity contribution is 5.88. The molecule has 1 heterocycles. The number of nitrogens with one attached hydrogen (secondary N) is 2. The Morgan fingerprint density at radius 3 is 2.41 bits per heavy atom. The zero-order valence-corrected chi connectivity index (χ0v) is 21.2. The summed E-state index contributed by atoms with van der Waals surface area (Å²) in [6, 6.07) is 6.47. The molecular formula is C27H43FN4O2. The number of nitrogens with zero attached hydrogens (tertiary/aromatic N) is 2. The number of benzene rings is 1. The van der Waals surface area contributed by atoms with E-state index in [-0.39, 0.29) is 29.5 Å². The molecule has 0 aromatic heterocycles. The molecule has 1 saturated heterocycles. The van der Waals surface area contributed by atoms with Crippen molar-refractivity contribution in [3.63, 3.8) is 0 Å². The van der Waals surface area contributed by atoms with E-state index in [4.69, 9.17) is 0 Å². The largest absolute Gasteiger partial charge is 0.367 e. The second-order valence-corrected chi connectivity index (χ2v) is 10.3. The van der Waals surface area contributed by atoms with Crippen LogP contribution in [0.4, 0.5) is 10.1 Å². The van der Waals surface area contributed by atoms with Crippen LogP contribution >= 0.6 is 0 Å². The third-order valence-electron chi connectivity index (χ3n) is 7.70. The van der Waals surface area contributed by atoms with E-state index in [9.17, 15) is 14.0 Å². The van der Waals surface area contributed by atoms with Gasteiger partial charge in [-0.3, -0.25) is 14.5 Å². The molecule has 2 amide bonds. The van der Waals surface area contributed by atoms with Gasteiger partial charge in [-0.2, -0.15) is 0 Å². The van der Waals surface area contributed by atoms with Crippen molar-refractivity contribution in [2.75, 3.05) is 44.2 Å². The molecule has 3 rings (SSSR count). The van der Waals surface area contributed by atoms with E-state index in [0.717, 1.165) is 71.2 Å². The van der Waals surface area contributed by atoms with E-state index in [1.165, 1.54) is 6.07 Å². The van der Waals surface area contributed by atoms with E-state index in [1.54, 1.807) is 6.07 Å². The number of rotatable bonds is 10. The molecule has 1 aromatic carbocycles. The van der Waals surface area contributed by atoms with Crippen LogP contribution in [0.3, 0.4) is 0 Å². The van der Waals surface area contributed by atoms with Crippen LogP contribution in [0.2, 0.25) is 0 Å². The lowest BCUT2D eigenvalue weighted by Crippen LogP contribution is -2.52. The zero-order valence-electron chi connectivity index (χ0n) is 21.2. The van der Waals surface area contributed by atoms with E-state index >= 15 is 0 Å². The zero-order chi connectivity index (χ0) is 24.5. The Hall–Kier alpha value is -2.15. The molecular weight excluding hydrogens is 431 g/mol. The van der Waals surface area contributed by atoms with Crippen molar-refractivity contribution in [1.82, 2.24) is 15.5 Å².